The van der Waals surface area contributed by atoms with Crippen molar-refractivity contribution < 1.29 is 18.0 Å². The summed E-state index contributed by atoms with van der Waals surface area (Å²) in [5.41, 5.74) is 1.04. The number of nitrogens with zero attached hydrogens (tertiary/aromatic N) is 2. The average molecular weight is 480 g/mol. The number of unbranched alkanes of at least 4 members (excludes halogenated alkanes) is 1. The van der Waals surface area contributed by atoms with Crippen LogP contribution in [0.3, 0.4) is 0 Å². The number of nitrogens with one attached hydrogen (secondary N) is 1. The van der Waals surface area contributed by atoms with E-state index in [-0.39, 0.29) is 12.5 Å². The Morgan fingerprint density at radius 2 is 1.69 bits per heavy atom. The first kappa shape index (κ1) is 25.7. The van der Waals surface area contributed by atoms with Crippen molar-refractivity contribution in [2.45, 2.75) is 39.3 Å². The molecule has 2 aromatic rings. The lowest BCUT2D eigenvalue weighted by Gasteiger charge is -2.31. The zero-order valence-corrected chi connectivity index (χ0v) is 20.2. The topological polar surface area (TPSA) is 86.8 Å². The van der Waals surface area contributed by atoms with Gasteiger partial charge in [0.2, 0.25) is 21.8 Å². The molecule has 0 aliphatic heterocycles. The van der Waals surface area contributed by atoms with Gasteiger partial charge in [-0.05, 0) is 37.1 Å². The van der Waals surface area contributed by atoms with E-state index in [0.717, 1.165) is 23.4 Å². The summed E-state index contributed by atoms with van der Waals surface area (Å²) in [4.78, 5) is 27.4. The van der Waals surface area contributed by atoms with Crippen molar-refractivity contribution in [3.8, 4) is 0 Å². The van der Waals surface area contributed by atoms with E-state index in [1.165, 1.54) is 4.90 Å². The van der Waals surface area contributed by atoms with Gasteiger partial charge in [0.15, 0.2) is 0 Å². The molecule has 0 aromatic heterocycles. The van der Waals surface area contributed by atoms with Crippen LogP contribution in [0.25, 0.3) is 0 Å². The van der Waals surface area contributed by atoms with Gasteiger partial charge in [-0.25, -0.2) is 8.42 Å². The Morgan fingerprint density at radius 1 is 1.06 bits per heavy atom. The van der Waals surface area contributed by atoms with Crippen molar-refractivity contribution in [2.75, 3.05) is 23.7 Å². The summed E-state index contributed by atoms with van der Waals surface area (Å²) < 4.78 is 25.9. The zero-order valence-electron chi connectivity index (χ0n) is 18.6. The second-order valence-electron chi connectivity index (χ2n) is 7.54. The van der Waals surface area contributed by atoms with Gasteiger partial charge in [-0.15, -0.1) is 0 Å². The second kappa shape index (κ2) is 11.9. The van der Waals surface area contributed by atoms with Crippen molar-refractivity contribution in [1.29, 1.82) is 0 Å². The van der Waals surface area contributed by atoms with E-state index in [9.17, 15) is 18.0 Å². The maximum Gasteiger partial charge on any atom is 0.244 e. The third-order valence-electron chi connectivity index (χ3n) is 5.02. The maximum atomic E-state index is 13.4. The molecule has 2 aromatic carbocycles. The fourth-order valence-corrected chi connectivity index (χ4v) is 4.18. The van der Waals surface area contributed by atoms with Crippen molar-refractivity contribution in [3.63, 3.8) is 0 Å². The Labute approximate surface area is 195 Å². The van der Waals surface area contributed by atoms with Gasteiger partial charge in [-0.3, -0.25) is 13.9 Å². The average Bonchev–Trinajstić information content (AvgIpc) is 2.76. The minimum absolute atomic E-state index is 0.0766. The summed E-state index contributed by atoms with van der Waals surface area (Å²) in [6.07, 6.45) is 2.80. The van der Waals surface area contributed by atoms with Crippen LogP contribution >= 0.6 is 11.6 Å². The van der Waals surface area contributed by atoms with Crippen LogP contribution in [0.5, 0.6) is 0 Å². The highest BCUT2D eigenvalue weighted by Gasteiger charge is 2.30. The fraction of sp³-hybridized carbons (Fsp3) is 0.391. The quantitative estimate of drug-likeness (QED) is 0.500. The monoisotopic (exact) mass is 479 g/mol. The van der Waals surface area contributed by atoms with Crippen molar-refractivity contribution >= 4 is 39.1 Å². The fourth-order valence-electron chi connectivity index (χ4n) is 3.14. The van der Waals surface area contributed by atoms with Crippen LogP contribution in [0.4, 0.5) is 5.69 Å². The molecule has 9 heteroatoms. The van der Waals surface area contributed by atoms with Crippen LogP contribution in [0.15, 0.2) is 54.6 Å². The Balaban J connectivity index is 2.33. The molecule has 1 atom stereocenters. The number of halogens is 1. The van der Waals surface area contributed by atoms with E-state index in [1.54, 1.807) is 61.5 Å². The number of hydrogen-bond acceptors (Lipinski definition) is 4. The highest BCUT2D eigenvalue weighted by molar-refractivity contribution is 7.92. The Morgan fingerprint density at radius 3 is 2.28 bits per heavy atom. The standard InChI is InChI=1S/C23H30ClN3O4S/c1-4-5-15-25-23(29)18(2)26(16-19-11-9-10-14-21(19)24)22(28)17-27(32(3,30)31)20-12-7-6-8-13-20/h6-14,18H,4-5,15-17H2,1-3H3,(H,25,29)/t18-/m0/s1. The minimum Gasteiger partial charge on any atom is -0.354 e. The number of carbonyl (C=O) groups is 2. The zero-order chi connectivity index (χ0) is 23.7. The molecule has 0 bridgehead atoms. The molecule has 0 aliphatic rings. The van der Waals surface area contributed by atoms with Crippen LogP contribution < -0.4 is 9.62 Å². The van der Waals surface area contributed by atoms with Gasteiger partial charge in [-0.1, -0.05) is 61.3 Å². The van der Waals surface area contributed by atoms with Crippen molar-refractivity contribution in [2.24, 2.45) is 0 Å². The molecule has 0 aliphatic carbocycles. The van der Waals surface area contributed by atoms with Gasteiger partial charge in [-0.2, -0.15) is 0 Å². The molecule has 174 valence electrons. The van der Waals surface area contributed by atoms with E-state index < -0.39 is 28.5 Å². The van der Waals surface area contributed by atoms with Gasteiger partial charge >= 0.3 is 0 Å². The van der Waals surface area contributed by atoms with E-state index in [1.807, 2.05) is 6.92 Å². The normalized spacial score (nSPS) is 12.1. The van der Waals surface area contributed by atoms with E-state index in [4.69, 9.17) is 11.6 Å². The number of benzene rings is 2. The van der Waals surface area contributed by atoms with Gasteiger partial charge in [0.25, 0.3) is 0 Å². The number of rotatable bonds is 11. The maximum absolute atomic E-state index is 13.4. The Hall–Kier alpha value is -2.58. The summed E-state index contributed by atoms with van der Waals surface area (Å²) >= 11 is 6.29. The molecule has 0 saturated heterocycles. The number of carbonyl (C=O) groups excluding carboxylic acids is 2. The minimum atomic E-state index is -3.73. The molecule has 1 N–H and O–H groups in total. The molecule has 0 fully saturated rings. The number of sulfonamides is 1. The lowest BCUT2D eigenvalue weighted by Crippen LogP contribution is -2.51. The molecule has 0 unspecified atom stereocenters. The SMILES string of the molecule is CCCCNC(=O)[C@H](C)N(Cc1ccccc1Cl)C(=O)CN(c1ccccc1)S(C)(=O)=O. The highest BCUT2D eigenvalue weighted by Crippen LogP contribution is 2.21. The number of amides is 2. The molecule has 0 radical (unpaired) electrons. The Kier molecular flexibility index (Phi) is 9.53. The molecule has 7 nitrogen and oxygen atoms in total. The van der Waals surface area contributed by atoms with E-state index in [0.29, 0.717) is 22.8 Å². The van der Waals surface area contributed by atoms with Gasteiger partial charge < -0.3 is 10.2 Å². The summed E-state index contributed by atoms with van der Waals surface area (Å²) in [6.45, 7) is 3.80. The van der Waals surface area contributed by atoms with E-state index >= 15 is 0 Å². The lowest BCUT2D eigenvalue weighted by atomic mass is 10.1. The van der Waals surface area contributed by atoms with Crippen LogP contribution in [0.1, 0.15) is 32.3 Å². The highest BCUT2D eigenvalue weighted by atomic mass is 35.5. The molecule has 2 rings (SSSR count). The largest absolute Gasteiger partial charge is 0.354 e. The Bertz CT molecular complexity index is 1010. The first-order valence-corrected chi connectivity index (χ1v) is 12.7. The first-order chi connectivity index (χ1) is 15.1. The number of para-hydroxylation sites is 1. The third-order valence-corrected chi connectivity index (χ3v) is 6.53. The second-order valence-corrected chi connectivity index (χ2v) is 9.85. The van der Waals surface area contributed by atoms with Gasteiger partial charge in [0.05, 0.1) is 11.9 Å². The lowest BCUT2D eigenvalue weighted by molar-refractivity contribution is -0.139. The van der Waals surface area contributed by atoms with Gasteiger partial charge in [0, 0.05) is 18.1 Å². The molecular weight excluding hydrogens is 450 g/mol. The van der Waals surface area contributed by atoms with Gasteiger partial charge in [0.1, 0.15) is 12.6 Å². The van der Waals surface area contributed by atoms with Crippen molar-refractivity contribution in [1.82, 2.24) is 10.2 Å². The first-order valence-electron chi connectivity index (χ1n) is 10.5. The summed E-state index contributed by atoms with van der Waals surface area (Å²) in [7, 11) is -3.73. The number of anilines is 1. The van der Waals surface area contributed by atoms with Crippen molar-refractivity contribution in [3.05, 3.63) is 65.2 Å². The summed E-state index contributed by atoms with van der Waals surface area (Å²) in [5, 5.41) is 3.30. The van der Waals surface area contributed by atoms with Crippen LogP contribution in [-0.4, -0.2) is 50.5 Å². The third kappa shape index (κ3) is 7.24. The summed E-state index contributed by atoms with van der Waals surface area (Å²) in [6, 6.07) is 14.6. The van der Waals surface area contributed by atoms with Crippen LogP contribution in [0.2, 0.25) is 5.02 Å². The molecule has 0 spiro atoms. The molecule has 32 heavy (non-hydrogen) atoms. The molecular formula is C23H30ClN3O4S. The number of hydrogen-bond donors (Lipinski definition) is 1. The smallest absolute Gasteiger partial charge is 0.244 e. The van der Waals surface area contributed by atoms with Crippen LogP contribution in [-0.2, 0) is 26.2 Å². The molecule has 0 saturated carbocycles. The molecule has 2 amide bonds. The predicted molar refractivity (Wildman–Crippen MR) is 128 cm³/mol. The van der Waals surface area contributed by atoms with Crippen LogP contribution in [0, 0.1) is 0 Å². The molecule has 0 heterocycles. The van der Waals surface area contributed by atoms with E-state index in [2.05, 4.69) is 5.32 Å². The predicted octanol–water partition coefficient (Wildman–Crippen LogP) is 3.44. The summed E-state index contributed by atoms with van der Waals surface area (Å²) in [5.74, 6) is -0.804.